The Morgan fingerprint density at radius 3 is 3.00 bits per heavy atom. The van der Waals surface area contributed by atoms with Gasteiger partial charge in [-0.05, 0) is 0 Å². The van der Waals surface area contributed by atoms with Crippen molar-refractivity contribution in [1.29, 1.82) is 5.26 Å². The molecule has 0 spiro atoms. The van der Waals surface area contributed by atoms with E-state index < -0.39 is 0 Å². The zero-order valence-corrected chi connectivity index (χ0v) is 4.37. The molecular formula is C5H2N2O2. The highest BCUT2D eigenvalue weighted by atomic mass is 16.3. The molecule has 0 bridgehead atoms. The molecule has 9 heavy (non-hydrogen) atoms. The number of oxazole rings is 1. The van der Waals surface area contributed by atoms with Crippen molar-refractivity contribution in [3.8, 4) is 6.07 Å². The second-order valence-corrected chi connectivity index (χ2v) is 1.30. The van der Waals surface area contributed by atoms with E-state index in [0.29, 0.717) is 6.29 Å². The van der Waals surface area contributed by atoms with Crippen molar-refractivity contribution in [2.24, 2.45) is 0 Å². The number of aromatic nitrogens is 1. The molecule has 0 saturated heterocycles. The van der Waals surface area contributed by atoms with Gasteiger partial charge in [-0.3, -0.25) is 4.79 Å². The van der Waals surface area contributed by atoms with Crippen LogP contribution in [0.2, 0.25) is 0 Å². The van der Waals surface area contributed by atoms with Gasteiger partial charge in [0.05, 0.1) is 0 Å². The van der Waals surface area contributed by atoms with Gasteiger partial charge in [0.2, 0.25) is 6.29 Å². The van der Waals surface area contributed by atoms with E-state index in [9.17, 15) is 4.79 Å². The number of carbonyl (C=O) groups is 1. The fourth-order valence-corrected chi connectivity index (χ4v) is 0.393. The van der Waals surface area contributed by atoms with Gasteiger partial charge < -0.3 is 4.42 Å². The highest BCUT2D eigenvalue weighted by Gasteiger charge is 1.98. The van der Waals surface area contributed by atoms with Crippen molar-refractivity contribution in [3.05, 3.63) is 17.8 Å². The lowest BCUT2D eigenvalue weighted by Crippen LogP contribution is -1.77. The van der Waals surface area contributed by atoms with Crippen LogP contribution in [0.4, 0.5) is 0 Å². The fraction of sp³-hybridized carbons (Fsp3) is 0. The van der Waals surface area contributed by atoms with Crippen LogP contribution in [-0.2, 0) is 0 Å². The quantitative estimate of drug-likeness (QED) is 0.504. The Bertz CT molecular complexity index is 258. The second-order valence-electron chi connectivity index (χ2n) is 1.30. The smallest absolute Gasteiger partial charge is 0.261 e. The van der Waals surface area contributed by atoms with E-state index >= 15 is 0 Å². The SMILES string of the molecule is N#Cc1coc(C=O)n1. The first kappa shape index (κ1) is 5.51. The van der Waals surface area contributed by atoms with Crippen molar-refractivity contribution < 1.29 is 9.21 Å². The lowest BCUT2D eigenvalue weighted by Gasteiger charge is -1.67. The highest BCUT2D eigenvalue weighted by molar-refractivity contribution is 5.67. The van der Waals surface area contributed by atoms with E-state index in [1.54, 1.807) is 6.07 Å². The maximum absolute atomic E-state index is 9.87. The van der Waals surface area contributed by atoms with Crippen molar-refractivity contribution in [1.82, 2.24) is 4.98 Å². The molecule has 0 fully saturated rings. The summed E-state index contributed by atoms with van der Waals surface area (Å²) in [7, 11) is 0. The molecule has 0 N–H and O–H groups in total. The summed E-state index contributed by atoms with van der Waals surface area (Å²) < 4.78 is 4.50. The molecule has 1 heterocycles. The summed E-state index contributed by atoms with van der Waals surface area (Å²) in [6.07, 6.45) is 1.57. The van der Waals surface area contributed by atoms with Crippen LogP contribution in [0.15, 0.2) is 10.7 Å². The Hall–Kier alpha value is -1.63. The molecular weight excluding hydrogens is 120 g/mol. The van der Waals surface area contributed by atoms with Crippen molar-refractivity contribution in [2.75, 3.05) is 0 Å². The molecule has 1 aromatic rings. The van der Waals surface area contributed by atoms with Gasteiger partial charge >= 0.3 is 0 Å². The molecule has 0 radical (unpaired) electrons. The Kier molecular flexibility index (Phi) is 1.28. The van der Waals surface area contributed by atoms with Gasteiger partial charge in [0, 0.05) is 0 Å². The molecule has 0 aromatic carbocycles. The van der Waals surface area contributed by atoms with Crippen LogP contribution in [-0.4, -0.2) is 11.3 Å². The van der Waals surface area contributed by atoms with Gasteiger partial charge in [-0.15, -0.1) is 0 Å². The first-order valence-corrected chi connectivity index (χ1v) is 2.17. The van der Waals surface area contributed by atoms with E-state index in [0.717, 1.165) is 6.26 Å². The third-order valence-corrected chi connectivity index (χ3v) is 0.737. The van der Waals surface area contributed by atoms with Crippen molar-refractivity contribution in [2.45, 2.75) is 0 Å². The molecule has 0 saturated carbocycles. The topological polar surface area (TPSA) is 66.9 Å². The third kappa shape index (κ3) is 0.941. The van der Waals surface area contributed by atoms with Crippen LogP contribution in [0.5, 0.6) is 0 Å². The van der Waals surface area contributed by atoms with Gasteiger partial charge in [-0.1, -0.05) is 0 Å². The average Bonchev–Trinajstić information content (AvgIpc) is 2.34. The number of rotatable bonds is 1. The molecule has 1 rings (SSSR count). The molecule has 0 aliphatic carbocycles. The van der Waals surface area contributed by atoms with Crippen LogP contribution in [0.25, 0.3) is 0 Å². The van der Waals surface area contributed by atoms with E-state index in [1.807, 2.05) is 0 Å². The maximum Gasteiger partial charge on any atom is 0.261 e. The van der Waals surface area contributed by atoms with E-state index in [1.165, 1.54) is 0 Å². The van der Waals surface area contributed by atoms with Gasteiger partial charge in [-0.25, -0.2) is 0 Å². The summed E-state index contributed by atoms with van der Waals surface area (Å²) >= 11 is 0. The van der Waals surface area contributed by atoms with Crippen LogP contribution in [0.1, 0.15) is 16.4 Å². The first-order valence-electron chi connectivity index (χ1n) is 2.17. The van der Waals surface area contributed by atoms with Crippen LogP contribution in [0.3, 0.4) is 0 Å². The van der Waals surface area contributed by atoms with Crippen molar-refractivity contribution in [3.63, 3.8) is 0 Å². The zero-order chi connectivity index (χ0) is 6.69. The van der Waals surface area contributed by atoms with Crippen molar-refractivity contribution >= 4 is 6.29 Å². The Morgan fingerprint density at radius 2 is 2.67 bits per heavy atom. The molecule has 1 aromatic heterocycles. The van der Waals surface area contributed by atoms with E-state index in [2.05, 4.69) is 9.40 Å². The van der Waals surface area contributed by atoms with Gasteiger partial charge in [0.25, 0.3) is 5.89 Å². The maximum atomic E-state index is 9.87. The summed E-state index contributed by atoms with van der Waals surface area (Å²) in [6, 6.07) is 1.72. The summed E-state index contributed by atoms with van der Waals surface area (Å²) in [5, 5.41) is 8.16. The minimum atomic E-state index is -0.0634. The molecule has 0 atom stereocenters. The summed E-state index contributed by atoms with van der Waals surface area (Å²) in [5.41, 5.74) is 0.122. The summed E-state index contributed by atoms with van der Waals surface area (Å²) in [5.74, 6) is -0.0634. The Morgan fingerprint density at radius 1 is 1.89 bits per heavy atom. The third-order valence-electron chi connectivity index (χ3n) is 0.737. The van der Waals surface area contributed by atoms with E-state index in [4.69, 9.17) is 5.26 Å². The van der Waals surface area contributed by atoms with Crippen LogP contribution >= 0.6 is 0 Å². The molecule has 0 aliphatic heterocycles. The minimum absolute atomic E-state index is 0.0634. The van der Waals surface area contributed by atoms with Crippen LogP contribution in [0, 0.1) is 11.3 Å². The Labute approximate surface area is 50.7 Å². The van der Waals surface area contributed by atoms with Gasteiger partial charge in [-0.2, -0.15) is 10.2 Å². The predicted octanol–water partition coefficient (Wildman–Crippen LogP) is 0.359. The first-order chi connectivity index (χ1) is 4.36. The van der Waals surface area contributed by atoms with Crippen LogP contribution < -0.4 is 0 Å². The zero-order valence-electron chi connectivity index (χ0n) is 4.37. The average molecular weight is 122 g/mol. The van der Waals surface area contributed by atoms with E-state index in [-0.39, 0.29) is 11.6 Å². The number of hydrogen-bond donors (Lipinski definition) is 0. The standard InChI is InChI=1S/C5H2N2O2/c6-1-4-3-9-5(2-8)7-4/h2-3H. The van der Waals surface area contributed by atoms with Gasteiger partial charge in [0.15, 0.2) is 5.69 Å². The molecule has 4 heteroatoms. The molecule has 0 amide bonds. The molecule has 4 nitrogen and oxygen atoms in total. The lowest BCUT2D eigenvalue weighted by molar-refractivity contribution is 0.109. The number of hydrogen-bond acceptors (Lipinski definition) is 4. The predicted molar refractivity (Wildman–Crippen MR) is 26.6 cm³/mol. The summed E-state index contributed by atoms with van der Waals surface area (Å²) in [4.78, 5) is 13.3. The molecule has 44 valence electrons. The number of carbonyl (C=O) groups excluding carboxylic acids is 1. The molecule has 0 aliphatic rings. The Balaban J connectivity index is 3.03. The fourth-order valence-electron chi connectivity index (χ4n) is 0.393. The number of aldehydes is 1. The normalized spacial score (nSPS) is 8.33. The number of nitrogens with zero attached hydrogens (tertiary/aromatic N) is 2. The largest absolute Gasteiger partial charge is 0.441 e. The molecule has 0 unspecified atom stereocenters. The summed E-state index contributed by atoms with van der Waals surface area (Å²) in [6.45, 7) is 0. The highest BCUT2D eigenvalue weighted by Crippen LogP contribution is 1.95. The minimum Gasteiger partial charge on any atom is -0.441 e. The lowest BCUT2D eigenvalue weighted by atomic mass is 10.6. The number of nitriles is 1. The monoisotopic (exact) mass is 122 g/mol. The second kappa shape index (κ2) is 2.09. The van der Waals surface area contributed by atoms with Gasteiger partial charge in [0.1, 0.15) is 12.3 Å².